The van der Waals surface area contributed by atoms with Gasteiger partial charge in [0.25, 0.3) is 5.91 Å². The molecule has 3 heteroatoms. The van der Waals surface area contributed by atoms with E-state index in [1.807, 2.05) is 6.92 Å². The van der Waals surface area contributed by atoms with Crippen LogP contribution in [-0.2, 0) is 4.79 Å². The van der Waals surface area contributed by atoms with E-state index >= 15 is 0 Å². The Bertz CT molecular complexity index is 93.1. The summed E-state index contributed by atoms with van der Waals surface area (Å²) in [6, 6.07) is -0.551. The van der Waals surface area contributed by atoms with Crippen molar-refractivity contribution < 1.29 is 4.79 Å². The Morgan fingerprint density at radius 3 is 2.67 bits per heavy atom. The maximum Gasteiger partial charge on any atom is 0.255 e. The van der Waals surface area contributed by atoms with Gasteiger partial charge in [-0.3, -0.25) is 10.5 Å². The highest BCUT2D eigenvalue weighted by Crippen LogP contribution is 1.96. The van der Waals surface area contributed by atoms with E-state index < -0.39 is 11.9 Å². The molecular formula is C6H13N2O. The van der Waals surface area contributed by atoms with Crippen molar-refractivity contribution in [2.75, 3.05) is 0 Å². The molecule has 53 valence electrons. The fourth-order valence-electron chi connectivity index (χ4n) is 0.555. The lowest BCUT2D eigenvalue weighted by atomic mass is 10.1. The van der Waals surface area contributed by atoms with E-state index in [1.165, 1.54) is 0 Å². The molecule has 9 heavy (non-hydrogen) atoms. The number of nitrogens with one attached hydrogen (secondary N) is 1. The van der Waals surface area contributed by atoms with Gasteiger partial charge in [0, 0.05) is 0 Å². The first-order valence-corrected chi connectivity index (χ1v) is 3.19. The minimum absolute atomic E-state index is 0.551. The zero-order chi connectivity index (χ0) is 7.28. The predicted octanol–water partition coefficient (Wildman–Crippen LogP) is 0.313. The Hall–Kier alpha value is -0.570. The molecule has 0 spiro atoms. The SMILES string of the molecule is CCCCC(N)C([NH])=O. The molecule has 0 aliphatic rings. The maximum absolute atomic E-state index is 10.2. The molecule has 0 aromatic heterocycles. The number of rotatable bonds is 4. The van der Waals surface area contributed by atoms with Crippen LogP contribution in [0, 0.1) is 0 Å². The molecule has 0 aromatic carbocycles. The quantitative estimate of drug-likeness (QED) is 0.593. The van der Waals surface area contributed by atoms with Gasteiger partial charge in [-0.25, -0.2) is 0 Å². The Morgan fingerprint density at radius 1 is 1.78 bits per heavy atom. The lowest BCUT2D eigenvalue weighted by Gasteiger charge is -2.02. The third kappa shape index (κ3) is 3.97. The molecule has 0 saturated carbocycles. The topological polar surface area (TPSA) is 66.9 Å². The van der Waals surface area contributed by atoms with Crippen molar-refractivity contribution >= 4 is 5.91 Å². The van der Waals surface area contributed by atoms with Crippen LogP contribution in [0.2, 0.25) is 0 Å². The Morgan fingerprint density at radius 2 is 2.33 bits per heavy atom. The minimum atomic E-state index is -0.650. The summed E-state index contributed by atoms with van der Waals surface area (Å²) in [6.07, 6.45) is 2.62. The summed E-state index contributed by atoms with van der Waals surface area (Å²) in [5, 5.41) is 0. The van der Waals surface area contributed by atoms with Gasteiger partial charge in [0.2, 0.25) is 0 Å². The molecule has 1 amide bonds. The van der Waals surface area contributed by atoms with Gasteiger partial charge >= 0.3 is 0 Å². The summed E-state index contributed by atoms with van der Waals surface area (Å²) >= 11 is 0. The van der Waals surface area contributed by atoms with E-state index in [0.717, 1.165) is 12.8 Å². The van der Waals surface area contributed by atoms with E-state index in [4.69, 9.17) is 11.5 Å². The van der Waals surface area contributed by atoms with Gasteiger partial charge in [-0.15, -0.1) is 0 Å². The van der Waals surface area contributed by atoms with Gasteiger partial charge in [0.15, 0.2) is 0 Å². The van der Waals surface area contributed by atoms with Crippen molar-refractivity contribution in [2.45, 2.75) is 32.2 Å². The zero-order valence-corrected chi connectivity index (χ0v) is 5.68. The summed E-state index contributed by atoms with van der Waals surface area (Å²) < 4.78 is 0. The van der Waals surface area contributed by atoms with Crippen LogP contribution in [0.3, 0.4) is 0 Å². The lowest BCUT2D eigenvalue weighted by Crippen LogP contribution is -2.30. The van der Waals surface area contributed by atoms with Crippen molar-refractivity contribution in [1.82, 2.24) is 5.73 Å². The van der Waals surface area contributed by atoms with Crippen LogP contribution in [0.25, 0.3) is 0 Å². The molecule has 0 aliphatic carbocycles. The average molecular weight is 129 g/mol. The second kappa shape index (κ2) is 4.32. The first-order chi connectivity index (χ1) is 4.18. The second-order valence-electron chi connectivity index (χ2n) is 2.11. The molecule has 0 fully saturated rings. The average Bonchev–Trinajstić information content (AvgIpc) is 1.82. The highest BCUT2D eigenvalue weighted by molar-refractivity contribution is 5.78. The number of hydrogen-bond acceptors (Lipinski definition) is 2. The lowest BCUT2D eigenvalue weighted by molar-refractivity contribution is -0.120. The first-order valence-electron chi connectivity index (χ1n) is 3.19. The van der Waals surface area contributed by atoms with Crippen molar-refractivity contribution in [3.8, 4) is 0 Å². The summed E-state index contributed by atoms with van der Waals surface area (Å²) in [6.45, 7) is 2.03. The van der Waals surface area contributed by atoms with Gasteiger partial charge in [0.05, 0.1) is 6.04 Å². The zero-order valence-electron chi connectivity index (χ0n) is 5.68. The molecule has 0 aromatic rings. The van der Waals surface area contributed by atoms with E-state index in [0.29, 0.717) is 6.42 Å². The van der Waals surface area contributed by atoms with Gasteiger partial charge < -0.3 is 5.73 Å². The molecule has 1 unspecified atom stereocenters. The number of nitrogens with two attached hydrogens (primary N) is 1. The van der Waals surface area contributed by atoms with Crippen LogP contribution in [0.5, 0.6) is 0 Å². The maximum atomic E-state index is 10.2. The van der Waals surface area contributed by atoms with E-state index in [2.05, 4.69) is 0 Å². The van der Waals surface area contributed by atoms with Crippen molar-refractivity contribution in [2.24, 2.45) is 5.73 Å². The number of hydrogen-bond donors (Lipinski definition) is 1. The molecule has 0 heterocycles. The molecule has 3 nitrogen and oxygen atoms in total. The van der Waals surface area contributed by atoms with Crippen LogP contribution in [0.1, 0.15) is 26.2 Å². The summed E-state index contributed by atoms with van der Waals surface area (Å²) in [4.78, 5) is 10.2. The highest BCUT2D eigenvalue weighted by atomic mass is 16.1. The van der Waals surface area contributed by atoms with Crippen LogP contribution in [0.15, 0.2) is 0 Å². The minimum Gasteiger partial charge on any atom is -0.320 e. The van der Waals surface area contributed by atoms with Gasteiger partial charge in [-0.1, -0.05) is 19.8 Å². The summed E-state index contributed by atoms with van der Waals surface area (Å²) in [7, 11) is 0. The largest absolute Gasteiger partial charge is 0.320 e. The third-order valence-electron chi connectivity index (χ3n) is 1.21. The first kappa shape index (κ1) is 8.43. The molecule has 0 bridgehead atoms. The number of unbranched alkanes of at least 4 members (excludes halogenated alkanes) is 1. The second-order valence-corrected chi connectivity index (χ2v) is 2.11. The van der Waals surface area contributed by atoms with Crippen LogP contribution >= 0.6 is 0 Å². The van der Waals surface area contributed by atoms with Gasteiger partial charge in [-0.2, -0.15) is 0 Å². The van der Waals surface area contributed by atoms with Crippen molar-refractivity contribution in [3.05, 3.63) is 0 Å². The molecule has 1 atom stereocenters. The van der Waals surface area contributed by atoms with E-state index in [-0.39, 0.29) is 0 Å². The van der Waals surface area contributed by atoms with E-state index in [9.17, 15) is 4.79 Å². The van der Waals surface area contributed by atoms with Crippen LogP contribution in [-0.4, -0.2) is 11.9 Å². The fourth-order valence-corrected chi connectivity index (χ4v) is 0.555. The molecule has 0 saturated heterocycles. The normalized spacial score (nSPS) is 13.1. The van der Waals surface area contributed by atoms with Crippen molar-refractivity contribution in [1.29, 1.82) is 0 Å². The Balaban J connectivity index is 3.27. The summed E-state index contributed by atoms with van der Waals surface area (Å²) in [5.74, 6) is -0.650. The molecule has 3 N–H and O–H groups in total. The monoisotopic (exact) mass is 129 g/mol. The number of carbonyl (C=O) groups excluding carboxylic acids is 1. The molecule has 1 radical (unpaired) electrons. The van der Waals surface area contributed by atoms with Crippen LogP contribution < -0.4 is 11.5 Å². The predicted molar refractivity (Wildman–Crippen MR) is 35.6 cm³/mol. The fraction of sp³-hybridized carbons (Fsp3) is 0.833. The highest BCUT2D eigenvalue weighted by Gasteiger charge is 2.07. The standard InChI is InChI=1S/C6H13N2O/c1-2-3-4-5(7)6(8)9/h5,8H,2-4,7H2,1H3. The molecule has 0 rings (SSSR count). The Labute approximate surface area is 55.4 Å². The summed E-state index contributed by atoms with van der Waals surface area (Å²) in [5.41, 5.74) is 11.9. The number of amides is 1. The van der Waals surface area contributed by atoms with E-state index in [1.54, 1.807) is 0 Å². The smallest absolute Gasteiger partial charge is 0.255 e. The number of carbonyl (C=O) groups is 1. The van der Waals surface area contributed by atoms with Gasteiger partial charge in [-0.05, 0) is 6.42 Å². The molecule has 0 aliphatic heterocycles. The Kier molecular flexibility index (Phi) is 4.05. The molecular weight excluding hydrogens is 116 g/mol. The third-order valence-corrected chi connectivity index (χ3v) is 1.21. The van der Waals surface area contributed by atoms with Gasteiger partial charge in [0.1, 0.15) is 0 Å². The van der Waals surface area contributed by atoms with Crippen molar-refractivity contribution in [3.63, 3.8) is 0 Å². The van der Waals surface area contributed by atoms with Crippen LogP contribution in [0.4, 0.5) is 0 Å².